The van der Waals surface area contributed by atoms with E-state index in [1.54, 1.807) is 31.2 Å². The molecule has 0 spiro atoms. The van der Waals surface area contributed by atoms with Gasteiger partial charge in [0.2, 0.25) is 0 Å². The molecule has 0 unspecified atom stereocenters. The molecule has 3 rings (SSSR count). The molecule has 0 aromatic heterocycles. The minimum atomic E-state index is -3.41. The summed E-state index contributed by atoms with van der Waals surface area (Å²) in [5, 5.41) is 0. The van der Waals surface area contributed by atoms with Gasteiger partial charge in [-0.25, -0.2) is 8.42 Å². The van der Waals surface area contributed by atoms with E-state index < -0.39 is 14.6 Å². The van der Waals surface area contributed by atoms with E-state index in [9.17, 15) is 8.42 Å². The summed E-state index contributed by atoms with van der Waals surface area (Å²) in [5.74, 6) is 2.73. The van der Waals surface area contributed by atoms with Gasteiger partial charge in [-0.15, -0.1) is 0 Å². The first-order chi connectivity index (χ1) is 16.0. The maximum absolute atomic E-state index is 13.0. The summed E-state index contributed by atoms with van der Waals surface area (Å²) in [5.41, 5.74) is 1.44. The van der Waals surface area contributed by atoms with Crippen LogP contribution in [0.1, 0.15) is 66.4 Å². The quantitative estimate of drug-likeness (QED) is 0.293. The summed E-state index contributed by atoms with van der Waals surface area (Å²) in [4.78, 5) is 0.322. The van der Waals surface area contributed by atoms with Crippen molar-refractivity contribution >= 4 is 9.84 Å². The molecule has 3 aromatic carbocycles. The van der Waals surface area contributed by atoms with Gasteiger partial charge in [-0.05, 0) is 97.8 Å². The Labute approximate surface area is 204 Å². The molecule has 0 N–H and O–H groups in total. The average molecular weight is 481 g/mol. The number of hydrogen-bond acceptors (Lipinski definition) is 4. The second-order valence-electron chi connectivity index (χ2n) is 9.57. The number of hydrogen-bond donors (Lipinski definition) is 0. The average Bonchev–Trinajstić information content (AvgIpc) is 2.85. The summed E-state index contributed by atoms with van der Waals surface area (Å²) in [6.45, 7) is 12.3. The highest BCUT2D eigenvalue weighted by Crippen LogP contribution is 2.34. The van der Waals surface area contributed by atoms with Crippen LogP contribution in [0.5, 0.6) is 23.0 Å². The van der Waals surface area contributed by atoms with Crippen LogP contribution < -0.4 is 9.47 Å². The van der Waals surface area contributed by atoms with Crippen molar-refractivity contribution in [1.29, 1.82) is 0 Å². The molecule has 4 nitrogen and oxygen atoms in total. The Kier molecular flexibility index (Phi) is 7.77. The van der Waals surface area contributed by atoms with Crippen molar-refractivity contribution in [2.45, 2.75) is 75.9 Å². The predicted molar refractivity (Wildman–Crippen MR) is 139 cm³/mol. The lowest BCUT2D eigenvalue weighted by Crippen LogP contribution is -2.33. The molecule has 182 valence electrons. The molecule has 0 fully saturated rings. The topological polar surface area (TPSA) is 52.6 Å². The molecule has 5 heteroatoms. The molecule has 3 aromatic rings. The smallest absolute Gasteiger partial charge is 0.183 e. The molecular formula is C29H36O4S. The van der Waals surface area contributed by atoms with Gasteiger partial charge in [-0.2, -0.15) is 0 Å². The van der Waals surface area contributed by atoms with E-state index in [1.165, 1.54) is 5.56 Å². The zero-order valence-electron chi connectivity index (χ0n) is 21.1. The molecule has 0 radical (unpaired) electrons. The maximum Gasteiger partial charge on any atom is 0.183 e. The molecule has 0 atom stereocenters. The van der Waals surface area contributed by atoms with E-state index in [2.05, 4.69) is 32.9 Å². The van der Waals surface area contributed by atoms with E-state index in [-0.39, 0.29) is 5.41 Å². The Morgan fingerprint density at radius 1 is 0.588 bits per heavy atom. The fourth-order valence-electron chi connectivity index (χ4n) is 3.63. The lowest BCUT2D eigenvalue weighted by Gasteiger charge is -2.26. The second-order valence-corrected chi connectivity index (χ2v) is 12.0. The fraction of sp³-hybridized carbons (Fsp3) is 0.379. The van der Waals surface area contributed by atoms with Gasteiger partial charge >= 0.3 is 0 Å². The second kappa shape index (κ2) is 10.2. The van der Waals surface area contributed by atoms with E-state index >= 15 is 0 Å². The first kappa shape index (κ1) is 25.8. The van der Waals surface area contributed by atoms with Gasteiger partial charge in [0.15, 0.2) is 9.84 Å². The first-order valence-electron chi connectivity index (χ1n) is 12.0. The van der Waals surface area contributed by atoms with Crippen LogP contribution in [0.2, 0.25) is 0 Å². The molecule has 0 saturated heterocycles. The highest BCUT2D eigenvalue weighted by atomic mass is 32.2. The highest BCUT2D eigenvalue weighted by Gasteiger charge is 2.36. The van der Waals surface area contributed by atoms with Gasteiger partial charge in [0.25, 0.3) is 0 Å². The SMILES string of the molecule is CCC(C)(C)c1ccc(Oc2ccc(Oc3ccc(S(=O)(=O)C(C)(CC)CC)cc3)cc2)cc1. The van der Waals surface area contributed by atoms with Crippen LogP contribution in [0.15, 0.2) is 77.7 Å². The molecule has 0 saturated carbocycles. The molecule has 0 aliphatic carbocycles. The third-order valence-corrected chi connectivity index (χ3v) is 9.86. The fourth-order valence-corrected chi connectivity index (χ4v) is 5.45. The monoisotopic (exact) mass is 480 g/mol. The molecule has 0 amide bonds. The van der Waals surface area contributed by atoms with Crippen LogP contribution in [0.4, 0.5) is 0 Å². The van der Waals surface area contributed by atoms with Gasteiger partial charge in [-0.1, -0.05) is 46.8 Å². The Morgan fingerprint density at radius 3 is 1.29 bits per heavy atom. The van der Waals surface area contributed by atoms with Gasteiger partial charge in [0.05, 0.1) is 9.64 Å². The van der Waals surface area contributed by atoms with E-state index in [0.29, 0.717) is 29.2 Å². The summed E-state index contributed by atoms with van der Waals surface area (Å²) in [6.07, 6.45) is 2.21. The van der Waals surface area contributed by atoms with Crippen LogP contribution >= 0.6 is 0 Å². The van der Waals surface area contributed by atoms with Gasteiger partial charge < -0.3 is 9.47 Å². The molecule has 0 aliphatic rings. The minimum absolute atomic E-state index is 0.144. The normalized spacial score (nSPS) is 12.4. The maximum atomic E-state index is 13.0. The van der Waals surface area contributed by atoms with Crippen molar-refractivity contribution in [3.63, 3.8) is 0 Å². The van der Waals surface area contributed by atoms with Crippen molar-refractivity contribution < 1.29 is 17.9 Å². The first-order valence-corrected chi connectivity index (χ1v) is 13.4. The Balaban J connectivity index is 1.66. The van der Waals surface area contributed by atoms with E-state index in [0.717, 1.165) is 17.9 Å². The Bertz CT molecular complexity index is 1170. The van der Waals surface area contributed by atoms with Crippen molar-refractivity contribution in [3.8, 4) is 23.0 Å². The molecule has 0 heterocycles. The Morgan fingerprint density at radius 2 is 0.941 bits per heavy atom. The third-order valence-electron chi connectivity index (χ3n) is 7.09. The third kappa shape index (κ3) is 5.47. The molecule has 34 heavy (non-hydrogen) atoms. The highest BCUT2D eigenvalue weighted by molar-refractivity contribution is 7.92. The van der Waals surface area contributed by atoms with Crippen LogP contribution in [0.25, 0.3) is 0 Å². The van der Waals surface area contributed by atoms with Crippen molar-refractivity contribution in [1.82, 2.24) is 0 Å². The van der Waals surface area contributed by atoms with Crippen LogP contribution in [-0.2, 0) is 15.3 Å². The van der Waals surface area contributed by atoms with Crippen molar-refractivity contribution in [2.75, 3.05) is 0 Å². The van der Waals surface area contributed by atoms with Crippen molar-refractivity contribution in [3.05, 3.63) is 78.4 Å². The van der Waals surface area contributed by atoms with Crippen LogP contribution in [0.3, 0.4) is 0 Å². The van der Waals surface area contributed by atoms with E-state index in [1.807, 2.05) is 50.2 Å². The number of sulfone groups is 1. The molecule has 0 bridgehead atoms. The van der Waals surface area contributed by atoms with Crippen molar-refractivity contribution in [2.24, 2.45) is 0 Å². The number of benzene rings is 3. The van der Waals surface area contributed by atoms with Crippen LogP contribution in [-0.4, -0.2) is 13.2 Å². The predicted octanol–water partition coefficient (Wildman–Crippen LogP) is 8.31. The number of rotatable bonds is 10. The summed E-state index contributed by atoms with van der Waals surface area (Å²) in [7, 11) is -3.41. The molecule has 0 aliphatic heterocycles. The number of ether oxygens (including phenoxy) is 2. The van der Waals surface area contributed by atoms with Gasteiger partial charge in [0.1, 0.15) is 23.0 Å². The summed E-state index contributed by atoms with van der Waals surface area (Å²) < 4.78 is 37.1. The standard InChI is InChI=1S/C29H36O4S/c1-7-28(4,5)22-10-12-23(13-11-22)32-24-14-16-25(17-15-24)33-26-18-20-27(21-19-26)34(30,31)29(6,8-2)9-3/h10-21H,7-9H2,1-6H3. The zero-order chi connectivity index (χ0) is 25.0. The lowest BCUT2D eigenvalue weighted by atomic mass is 9.82. The minimum Gasteiger partial charge on any atom is -0.457 e. The summed E-state index contributed by atoms with van der Waals surface area (Å²) in [6, 6.07) is 22.2. The van der Waals surface area contributed by atoms with Crippen LogP contribution in [0, 0.1) is 0 Å². The van der Waals surface area contributed by atoms with Gasteiger partial charge in [-0.3, -0.25) is 0 Å². The largest absolute Gasteiger partial charge is 0.457 e. The zero-order valence-corrected chi connectivity index (χ0v) is 21.9. The van der Waals surface area contributed by atoms with Gasteiger partial charge in [0, 0.05) is 0 Å². The Hall–Kier alpha value is -2.79. The lowest BCUT2D eigenvalue weighted by molar-refractivity contribution is 0.467. The summed E-state index contributed by atoms with van der Waals surface area (Å²) >= 11 is 0. The molecular weight excluding hydrogens is 444 g/mol. The van der Waals surface area contributed by atoms with E-state index in [4.69, 9.17) is 9.47 Å².